The van der Waals surface area contributed by atoms with Gasteiger partial charge in [0.25, 0.3) is 0 Å². The van der Waals surface area contributed by atoms with E-state index in [-0.39, 0.29) is 11.5 Å². The number of ether oxygens (including phenoxy) is 4. The lowest BCUT2D eigenvalue weighted by Gasteiger charge is -2.41. The highest BCUT2D eigenvalue weighted by Gasteiger charge is 2.37. The molecule has 0 bridgehead atoms. The Morgan fingerprint density at radius 3 is 2.39 bits per heavy atom. The second-order valence-electron chi connectivity index (χ2n) is 13.8. The Balaban J connectivity index is 1.64. The van der Waals surface area contributed by atoms with E-state index in [9.17, 15) is 4.79 Å². The molecule has 9 nitrogen and oxygen atoms in total. The molecule has 1 aliphatic rings. The minimum Gasteiger partial charge on any atom is -0.493 e. The maximum atomic E-state index is 13.6. The van der Waals surface area contributed by atoms with Gasteiger partial charge in [0.2, 0.25) is 0 Å². The van der Waals surface area contributed by atoms with E-state index in [1.807, 2.05) is 66.1 Å². The van der Waals surface area contributed by atoms with Crippen LogP contribution < -0.4 is 19.7 Å². The van der Waals surface area contributed by atoms with E-state index in [1.165, 1.54) is 0 Å². The smallest absolute Gasteiger partial charge is 0.340 e. The van der Waals surface area contributed by atoms with E-state index in [2.05, 4.69) is 24.1 Å². The summed E-state index contributed by atoms with van der Waals surface area (Å²) in [6.07, 6.45) is 4.56. The molecule has 0 radical (unpaired) electrons. The van der Waals surface area contributed by atoms with Gasteiger partial charge in [0, 0.05) is 59.0 Å². The van der Waals surface area contributed by atoms with Crippen LogP contribution in [-0.4, -0.2) is 61.0 Å². The molecule has 1 aliphatic heterocycles. The molecule has 10 heteroatoms. The maximum absolute atomic E-state index is 13.6. The van der Waals surface area contributed by atoms with Crippen LogP contribution in [0.25, 0.3) is 11.1 Å². The van der Waals surface area contributed by atoms with Gasteiger partial charge in [-0.05, 0) is 84.1 Å². The Morgan fingerprint density at radius 2 is 1.78 bits per heavy atom. The zero-order valence-electron chi connectivity index (χ0n) is 28.7. The molecule has 46 heavy (non-hydrogen) atoms. The number of anilines is 2. The minimum absolute atomic E-state index is 0.244. The van der Waals surface area contributed by atoms with Crippen LogP contribution in [0.5, 0.6) is 11.5 Å². The zero-order chi connectivity index (χ0) is 33.6. The second kappa shape index (κ2) is 14.9. The summed E-state index contributed by atoms with van der Waals surface area (Å²) in [5.41, 5.74) is 3.88. The number of nitrogens with zero attached hydrogens (tertiary/aromatic N) is 3. The molecular formula is C36H49ClN4O5. The summed E-state index contributed by atoms with van der Waals surface area (Å²) in [7, 11) is 1.58. The molecule has 2 aromatic heterocycles. The molecule has 1 N–H and O–H groups in total. The van der Waals surface area contributed by atoms with Gasteiger partial charge in [-0.25, -0.2) is 9.78 Å². The fourth-order valence-electron chi connectivity index (χ4n) is 5.44. The van der Waals surface area contributed by atoms with Crippen LogP contribution in [0.15, 0.2) is 42.7 Å². The van der Waals surface area contributed by atoms with Crippen molar-refractivity contribution in [2.45, 2.75) is 86.0 Å². The first kappa shape index (κ1) is 35.3. The number of aromatic nitrogens is 2. The zero-order valence-corrected chi connectivity index (χ0v) is 29.5. The van der Waals surface area contributed by atoms with Crippen LogP contribution in [0.1, 0.15) is 78.7 Å². The SMILES string of the molecule is COc1cc(Cl)ccc1OCCNc1ccc(-c2cnc(C)c([C@H](OC(C)(C)C)C(=O)OC(C)C)c2N2CCC(C)(C)CC2)cn1. The molecule has 250 valence electrons. The number of esters is 1. The molecule has 0 aliphatic carbocycles. The monoisotopic (exact) mass is 652 g/mol. The number of hydrogen-bond acceptors (Lipinski definition) is 9. The molecule has 0 amide bonds. The van der Waals surface area contributed by atoms with Gasteiger partial charge in [-0.3, -0.25) is 4.98 Å². The third kappa shape index (κ3) is 9.26. The minimum atomic E-state index is -0.937. The van der Waals surface area contributed by atoms with Gasteiger partial charge in [-0.1, -0.05) is 25.4 Å². The number of carbonyl (C=O) groups is 1. The van der Waals surface area contributed by atoms with Crippen molar-refractivity contribution >= 4 is 29.1 Å². The molecule has 0 spiro atoms. The van der Waals surface area contributed by atoms with Crippen molar-refractivity contribution in [1.82, 2.24) is 9.97 Å². The highest BCUT2D eigenvalue weighted by molar-refractivity contribution is 6.30. The number of benzene rings is 1. The third-order valence-corrected chi connectivity index (χ3v) is 8.12. The highest BCUT2D eigenvalue weighted by atomic mass is 35.5. The normalized spacial score (nSPS) is 15.4. The van der Waals surface area contributed by atoms with E-state index < -0.39 is 17.7 Å². The summed E-state index contributed by atoms with van der Waals surface area (Å²) in [5, 5.41) is 3.90. The first-order valence-electron chi connectivity index (χ1n) is 16.0. The van der Waals surface area contributed by atoms with E-state index in [4.69, 9.17) is 40.5 Å². The van der Waals surface area contributed by atoms with Gasteiger partial charge in [-0.15, -0.1) is 0 Å². The number of pyridine rings is 2. The van der Waals surface area contributed by atoms with E-state index in [0.29, 0.717) is 35.5 Å². The largest absolute Gasteiger partial charge is 0.493 e. The van der Waals surface area contributed by atoms with Gasteiger partial charge >= 0.3 is 5.97 Å². The Labute approximate surface area is 279 Å². The molecule has 1 saturated heterocycles. The Hall–Kier alpha value is -3.56. The lowest BCUT2D eigenvalue weighted by atomic mass is 9.82. The van der Waals surface area contributed by atoms with Crippen molar-refractivity contribution in [3.63, 3.8) is 0 Å². The number of methoxy groups -OCH3 is 1. The number of carbonyl (C=O) groups excluding carboxylic acids is 1. The Bertz CT molecular complexity index is 1480. The second-order valence-corrected chi connectivity index (χ2v) is 14.2. The summed E-state index contributed by atoms with van der Waals surface area (Å²) in [4.78, 5) is 25.5. The Morgan fingerprint density at radius 1 is 1.07 bits per heavy atom. The van der Waals surface area contributed by atoms with Crippen molar-refractivity contribution < 1.29 is 23.7 Å². The standard InChI is InChI=1S/C36H49ClN4O5/c1-23(2)45-34(42)33(46-35(4,5)6)31-24(3)39-22-27(32(31)41-17-14-36(7,8)15-18-41)25-10-13-30(40-21-25)38-16-19-44-28-12-11-26(37)20-29(28)43-9/h10-13,20-23,33H,14-19H2,1-9H3,(H,38,40)/t33-/m0/s1. The first-order chi connectivity index (χ1) is 21.7. The summed E-state index contributed by atoms with van der Waals surface area (Å²) in [5.74, 6) is 1.51. The molecule has 3 aromatic rings. The molecule has 0 saturated carbocycles. The van der Waals surface area contributed by atoms with Gasteiger partial charge in [0.05, 0.1) is 31.0 Å². The number of hydrogen-bond donors (Lipinski definition) is 1. The summed E-state index contributed by atoms with van der Waals surface area (Å²) >= 11 is 6.06. The molecule has 0 unspecified atom stereocenters. The summed E-state index contributed by atoms with van der Waals surface area (Å²) in [6.45, 7) is 18.7. The van der Waals surface area contributed by atoms with Crippen LogP contribution in [0.4, 0.5) is 11.5 Å². The van der Waals surface area contributed by atoms with Crippen molar-refractivity contribution in [3.8, 4) is 22.6 Å². The van der Waals surface area contributed by atoms with Gasteiger partial charge in [0.1, 0.15) is 12.4 Å². The molecule has 4 rings (SSSR count). The van der Waals surface area contributed by atoms with Crippen LogP contribution in [0.3, 0.4) is 0 Å². The lowest BCUT2D eigenvalue weighted by Crippen LogP contribution is -2.39. The van der Waals surface area contributed by atoms with E-state index >= 15 is 0 Å². The van der Waals surface area contributed by atoms with Crippen molar-refractivity contribution in [2.75, 3.05) is 43.6 Å². The molecule has 3 heterocycles. The predicted octanol–water partition coefficient (Wildman–Crippen LogP) is 8.04. The van der Waals surface area contributed by atoms with Crippen molar-refractivity contribution in [2.24, 2.45) is 5.41 Å². The van der Waals surface area contributed by atoms with Crippen molar-refractivity contribution in [3.05, 3.63) is 59.0 Å². The van der Waals surface area contributed by atoms with Gasteiger partial charge < -0.3 is 29.2 Å². The Kier molecular flexibility index (Phi) is 11.4. The van der Waals surface area contributed by atoms with E-state index in [1.54, 1.807) is 25.3 Å². The topological polar surface area (TPSA) is 95.0 Å². The van der Waals surface area contributed by atoms with Gasteiger partial charge in [0.15, 0.2) is 17.6 Å². The number of halogens is 1. The fourth-order valence-corrected chi connectivity index (χ4v) is 5.60. The lowest BCUT2D eigenvalue weighted by molar-refractivity contribution is -0.171. The number of nitrogens with one attached hydrogen (secondary N) is 1. The fraction of sp³-hybridized carbons (Fsp3) is 0.528. The van der Waals surface area contributed by atoms with Crippen LogP contribution in [-0.2, 0) is 14.3 Å². The highest BCUT2D eigenvalue weighted by Crippen LogP contribution is 2.43. The number of rotatable bonds is 12. The summed E-state index contributed by atoms with van der Waals surface area (Å²) in [6, 6.07) is 9.25. The molecule has 1 aromatic carbocycles. The van der Waals surface area contributed by atoms with E-state index in [0.717, 1.165) is 54.0 Å². The quantitative estimate of drug-likeness (QED) is 0.154. The molecular weight excluding hydrogens is 604 g/mol. The summed E-state index contributed by atoms with van der Waals surface area (Å²) < 4.78 is 23.4. The van der Waals surface area contributed by atoms with Crippen LogP contribution in [0.2, 0.25) is 5.02 Å². The number of aryl methyl sites for hydroxylation is 1. The first-order valence-corrected chi connectivity index (χ1v) is 16.3. The van der Waals surface area contributed by atoms with Crippen molar-refractivity contribution in [1.29, 1.82) is 0 Å². The molecule has 1 fully saturated rings. The maximum Gasteiger partial charge on any atom is 0.340 e. The van der Waals surface area contributed by atoms with Crippen LogP contribution >= 0.6 is 11.6 Å². The predicted molar refractivity (Wildman–Crippen MR) is 184 cm³/mol. The third-order valence-electron chi connectivity index (χ3n) is 7.89. The van der Waals surface area contributed by atoms with Crippen LogP contribution in [0, 0.1) is 12.3 Å². The molecule has 1 atom stereocenters. The average Bonchev–Trinajstić information content (AvgIpc) is 2.98. The number of piperidine rings is 1. The van der Waals surface area contributed by atoms with Gasteiger partial charge in [-0.2, -0.15) is 0 Å². The average molecular weight is 653 g/mol.